The van der Waals surface area contributed by atoms with E-state index in [1.807, 2.05) is 31.3 Å². The molecule has 6 heteroatoms. The van der Waals surface area contributed by atoms with Crippen LogP contribution in [0.15, 0.2) is 42.6 Å². The normalized spacial score (nSPS) is 11.9. The van der Waals surface area contributed by atoms with E-state index in [9.17, 15) is 9.59 Å². The summed E-state index contributed by atoms with van der Waals surface area (Å²) in [6.07, 6.45) is 6.84. The van der Waals surface area contributed by atoms with E-state index in [0.29, 0.717) is 23.3 Å². The van der Waals surface area contributed by atoms with E-state index in [1.54, 1.807) is 19.2 Å². The van der Waals surface area contributed by atoms with Gasteiger partial charge in [-0.3, -0.25) is 4.79 Å². The van der Waals surface area contributed by atoms with Gasteiger partial charge in [0.2, 0.25) is 0 Å². The van der Waals surface area contributed by atoms with E-state index in [4.69, 9.17) is 9.47 Å². The van der Waals surface area contributed by atoms with Crippen LogP contribution in [0.1, 0.15) is 71.4 Å². The van der Waals surface area contributed by atoms with Crippen LogP contribution in [0.4, 0.5) is 0 Å². The maximum atomic E-state index is 12.9. The Morgan fingerprint density at radius 2 is 1.79 bits per heavy atom. The number of fused-ring (bicyclic) bond motifs is 1. The number of aryl methyl sites for hydroxylation is 1. The van der Waals surface area contributed by atoms with Crippen molar-refractivity contribution in [2.24, 2.45) is 7.05 Å². The van der Waals surface area contributed by atoms with Crippen LogP contribution in [-0.4, -0.2) is 36.7 Å². The van der Waals surface area contributed by atoms with Crippen molar-refractivity contribution < 1.29 is 19.1 Å². The SMILES string of the molecule is CCCCC(CC)NC(=O)c1ccc2c(c1)c(Cc1ccc(C(=O)OC)cc1OC)cn2C. The summed E-state index contributed by atoms with van der Waals surface area (Å²) in [5.74, 6) is 0.199. The number of esters is 1. The van der Waals surface area contributed by atoms with Gasteiger partial charge in [-0.15, -0.1) is 0 Å². The fourth-order valence-corrected chi connectivity index (χ4v) is 4.19. The second kappa shape index (κ2) is 11.0. The number of aromatic nitrogens is 1. The maximum absolute atomic E-state index is 12.9. The zero-order chi connectivity index (χ0) is 24.0. The van der Waals surface area contributed by atoms with E-state index in [2.05, 4.69) is 29.9 Å². The van der Waals surface area contributed by atoms with Crippen molar-refractivity contribution in [1.29, 1.82) is 0 Å². The molecule has 3 aromatic rings. The molecule has 2 aromatic carbocycles. The van der Waals surface area contributed by atoms with Crippen molar-refractivity contribution >= 4 is 22.8 Å². The van der Waals surface area contributed by atoms with Crippen LogP contribution in [0, 0.1) is 0 Å². The van der Waals surface area contributed by atoms with Gasteiger partial charge in [0.15, 0.2) is 0 Å². The Bertz CT molecular complexity index is 1130. The molecule has 6 nitrogen and oxygen atoms in total. The zero-order valence-corrected chi connectivity index (χ0v) is 20.2. The van der Waals surface area contributed by atoms with Gasteiger partial charge in [0.1, 0.15) is 5.75 Å². The van der Waals surface area contributed by atoms with Crippen molar-refractivity contribution in [1.82, 2.24) is 9.88 Å². The topological polar surface area (TPSA) is 69.6 Å². The highest BCUT2D eigenvalue weighted by molar-refractivity contribution is 5.99. The van der Waals surface area contributed by atoms with Gasteiger partial charge < -0.3 is 19.4 Å². The summed E-state index contributed by atoms with van der Waals surface area (Å²) in [7, 11) is 4.95. The third-order valence-electron chi connectivity index (χ3n) is 6.16. The van der Waals surface area contributed by atoms with Gasteiger partial charge in [-0.1, -0.05) is 32.8 Å². The molecule has 0 bridgehead atoms. The van der Waals surface area contributed by atoms with Gasteiger partial charge >= 0.3 is 5.97 Å². The number of methoxy groups -OCH3 is 2. The number of amides is 1. The molecule has 1 atom stereocenters. The van der Waals surface area contributed by atoms with Crippen molar-refractivity contribution in [3.63, 3.8) is 0 Å². The maximum Gasteiger partial charge on any atom is 0.337 e. The van der Waals surface area contributed by atoms with E-state index < -0.39 is 5.97 Å². The largest absolute Gasteiger partial charge is 0.496 e. The first-order valence-corrected chi connectivity index (χ1v) is 11.6. The second-order valence-electron chi connectivity index (χ2n) is 8.41. The van der Waals surface area contributed by atoms with Crippen LogP contribution >= 0.6 is 0 Å². The molecular formula is C27H34N2O4. The number of nitrogens with zero attached hydrogens (tertiary/aromatic N) is 1. The lowest BCUT2D eigenvalue weighted by atomic mass is 10.0. The van der Waals surface area contributed by atoms with Crippen molar-refractivity contribution in [3.8, 4) is 5.75 Å². The minimum atomic E-state index is -0.398. The highest BCUT2D eigenvalue weighted by Crippen LogP contribution is 2.29. The molecule has 0 saturated carbocycles. The van der Waals surface area contributed by atoms with Crippen molar-refractivity contribution in [2.75, 3.05) is 14.2 Å². The summed E-state index contributed by atoms with van der Waals surface area (Å²) in [6.45, 7) is 4.27. The highest BCUT2D eigenvalue weighted by atomic mass is 16.5. The number of hydrogen-bond donors (Lipinski definition) is 1. The van der Waals surface area contributed by atoms with Crippen LogP contribution in [0.2, 0.25) is 0 Å². The molecule has 0 aliphatic rings. The first-order chi connectivity index (χ1) is 15.9. The highest BCUT2D eigenvalue weighted by Gasteiger charge is 2.17. The summed E-state index contributed by atoms with van der Waals surface area (Å²) in [5.41, 5.74) is 4.22. The van der Waals surface area contributed by atoms with Crippen LogP contribution in [0.5, 0.6) is 5.75 Å². The molecule has 0 aliphatic carbocycles. The third kappa shape index (κ3) is 5.56. The molecule has 0 fully saturated rings. The molecule has 0 spiro atoms. The first kappa shape index (κ1) is 24.4. The Labute approximate surface area is 195 Å². The smallest absolute Gasteiger partial charge is 0.337 e. The number of carbonyl (C=O) groups excluding carboxylic acids is 2. The summed E-state index contributed by atoms with van der Waals surface area (Å²) < 4.78 is 12.4. The molecule has 1 unspecified atom stereocenters. The van der Waals surface area contributed by atoms with Gasteiger partial charge in [0, 0.05) is 42.2 Å². The number of rotatable bonds is 10. The van der Waals surface area contributed by atoms with Crippen molar-refractivity contribution in [2.45, 2.75) is 52.0 Å². The molecule has 176 valence electrons. The molecule has 1 amide bonds. The van der Waals surface area contributed by atoms with Gasteiger partial charge in [-0.25, -0.2) is 4.79 Å². The predicted octanol–water partition coefficient (Wildman–Crippen LogP) is 5.26. The fraction of sp³-hybridized carbons (Fsp3) is 0.407. The quantitative estimate of drug-likeness (QED) is 0.428. The Hall–Kier alpha value is -3.28. The van der Waals surface area contributed by atoms with Crippen LogP contribution in [0.25, 0.3) is 10.9 Å². The van der Waals surface area contributed by atoms with E-state index in [1.165, 1.54) is 7.11 Å². The summed E-state index contributed by atoms with van der Waals surface area (Å²) in [6, 6.07) is 11.4. The number of unbranched alkanes of at least 4 members (excludes halogenated alkanes) is 1. The number of nitrogens with one attached hydrogen (secondary N) is 1. The number of ether oxygens (including phenoxy) is 2. The van der Waals surface area contributed by atoms with Gasteiger partial charge in [-0.2, -0.15) is 0 Å². The average Bonchev–Trinajstić information content (AvgIpc) is 3.15. The minimum Gasteiger partial charge on any atom is -0.496 e. The minimum absolute atomic E-state index is 0.0327. The van der Waals surface area contributed by atoms with Crippen LogP contribution < -0.4 is 10.1 Å². The standard InChI is InChI=1S/C27H34N2O4/c1-6-8-9-22(7-2)28-26(30)19-12-13-24-23(15-19)21(17-29(24)3)14-18-10-11-20(27(31)33-5)16-25(18)32-4/h10-13,15-17,22H,6-9,14H2,1-5H3,(H,28,30). The summed E-state index contributed by atoms with van der Waals surface area (Å²) in [4.78, 5) is 24.8. The first-order valence-electron chi connectivity index (χ1n) is 11.6. The van der Waals surface area contributed by atoms with Crippen LogP contribution in [0.3, 0.4) is 0 Å². The Kier molecular flexibility index (Phi) is 8.15. The molecule has 1 aromatic heterocycles. The molecule has 0 saturated heterocycles. The molecule has 33 heavy (non-hydrogen) atoms. The lowest BCUT2D eigenvalue weighted by Gasteiger charge is -2.16. The monoisotopic (exact) mass is 450 g/mol. The molecule has 3 rings (SSSR count). The molecule has 1 N–H and O–H groups in total. The summed E-state index contributed by atoms with van der Waals surface area (Å²) >= 11 is 0. The lowest BCUT2D eigenvalue weighted by Crippen LogP contribution is -2.34. The van der Waals surface area contributed by atoms with Gasteiger partial charge in [-0.05, 0) is 54.3 Å². The second-order valence-corrected chi connectivity index (χ2v) is 8.41. The zero-order valence-electron chi connectivity index (χ0n) is 20.2. The fourth-order valence-electron chi connectivity index (χ4n) is 4.19. The Morgan fingerprint density at radius 1 is 1.03 bits per heavy atom. The van der Waals surface area contributed by atoms with Gasteiger partial charge in [0.25, 0.3) is 5.91 Å². The Morgan fingerprint density at radius 3 is 2.45 bits per heavy atom. The molecule has 0 radical (unpaired) electrons. The Balaban J connectivity index is 1.90. The number of hydrogen-bond acceptors (Lipinski definition) is 4. The lowest BCUT2D eigenvalue weighted by molar-refractivity contribution is 0.0600. The third-order valence-corrected chi connectivity index (χ3v) is 6.16. The van der Waals surface area contributed by atoms with Crippen molar-refractivity contribution in [3.05, 3.63) is 64.8 Å². The molecular weight excluding hydrogens is 416 g/mol. The molecule has 0 aliphatic heterocycles. The van der Waals surface area contributed by atoms with E-state index in [-0.39, 0.29) is 11.9 Å². The predicted molar refractivity (Wildman–Crippen MR) is 131 cm³/mol. The number of carbonyl (C=O) groups is 2. The summed E-state index contributed by atoms with van der Waals surface area (Å²) in [5, 5.41) is 4.22. The van der Waals surface area contributed by atoms with Gasteiger partial charge in [0.05, 0.1) is 19.8 Å². The number of benzene rings is 2. The van der Waals surface area contributed by atoms with E-state index >= 15 is 0 Å². The average molecular weight is 451 g/mol. The molecule has 1 heterocycles. The van der Waals surface area contributed by atoms with Crippen LogP contribution in [-0.2, 0) is 18.2 Å². The van der Waals surface area contributed by atoms with E-state index in [0.717, 1.165) is 47.7 Å².